The second kappa shape index (κ2) is 17.4. The van der Waals surface area contributed by atoms with E-state index in [9.17, 15) is 0 Å². The molecule has 0 unspecified atom stereocenters. The van der Waals surface area contributed by atoms with Gasteiger partial charge in [0.2, 0.25) is 5.95 Å². The number of hydrogen-bond acceptors (Lipinski definition) is 2. The summed E-state index contributed by atoms with van der Waals surface area (Å²) in [7, 11) is 0. The Morgan fingerprint density at radius 3 is 1.67 bits per heavy atom. The van der Waals surface area contributed by atoms with Crippen LogP contribution in [0.3, 0.4) is 0 Å². The van der Waals surface area contributed by atoms with Crippen molar-refractivity contribution in [1.29, 1.82) is 0 Å². The smallest absolute Gasteiger partial charge is 0.235 e. The van der Waals surface area contributed by atoms with Gasteiger partial charge in [-0.3, -0.25) is 4.57 Å². The Balaban J connectivity index is 0.999. The topological polar surface area (TPSA) is 35.6 Å². The molecule has 0 aliphatic rings. The van der Waals surface area contributed by atoms with E-state index in [1.54, 1.807) is 0 Å². The van der Waals surface area contributed by atoms with Crippen LogP contribution in [0.15, 0.2) is 256 Å². The van der Waals surface area contributed by atoms with Crippen LogP contribution >= 0.6 is 0 Å². The summed E-state index contributed by atoms with van der Waals surface area (Å²) in [6.07, 6.45) is 2.18. The van der Waals surface area contributed by atoms with Crippen molar-refractivity contribution in [3.8, 4) is 45.3 Å². The fraction of sp³-hybridized carbons (Fsp3) is 0. The predicted octanol–water partition coefficient (Wildman–Crippen LogP) is 15.8. The molecule has 0 atom stereocenters. The maximum absolute atomic E-state index is 5.25. The molecule has 0 radical (unpaired) electrons. The van der Waals surface area contributed by atoms with Crippen LogP contribution in [0.25, 0.3) is 89.1 Å². The molecule has 66 heavy (non-hydrogen) atoms. The molecule has 11 aromatic rings. The lowest BCUT2D eigenvalue weighted by atomic mass is 9.91. The standard InChI is InChI=1S/C62H44N4/c1-43(50-30-14-16-32-52(50)56-42-65(59-38-22-19-34-54(56)59)62-63-57-36-20-18-35-55(57)61(64-62)47-25-9-5-10-26-47)45-23-7-3-4-8-24-46(40-39-45)44(2)51-31-15-17-33-53(51)60-41-48-27-13-21-37-58(48)66(60)49-28-11-6-12-29-49/h3-42H,1-2H2. The van der Waals surface area contributed by atoms with Crippen LogP contribution in [0.2, 0.25) is 0 Å². The number of nitrogens with zero attached hydrogens (tertiary/aromatic N) is 4. The molecule has 11 rings (SSSR count). The van der Waals surface area contributed by atoms with Crippen LogP contribution in [0.1, 0.15) is 22.3 Å². The van der Waals surface area contributed by atoms with Crippen molar-refractivity contribution in [3.05, 3.63) is 278 Å². The van der Waals surface area contributed by atoms with Crippen LogP contribution in [-0.2, 0) is 0 Å². The minimum Gasteiger partial charge on any atom is -0.309 e. The monoisotopic (exact) mass is 844 g/mol. The molecule has 4 nitrogen and oxygen atoms in total. The molecule has 3 aromatic heterocycles. The van der Waals surface area contributed by atoms with E-state index in [4.69, 9.17) is 23.1 Å². The zero-order chi connectivity index (χ0) is 44.4. The molecule has 0 amide bonds. The third-order valence-corrected chi connectivity index (χ3v) is 12.4. The molecule has 4 heteroatoms. The second-order valence-corrected chi connectivity index (χ2v) is 16.3. The number of benzene rings is 7. The zero-order valence-electron chi connectivity index (χ0n) is 36.3. The molecule has 0 saturated heterocycles. The molecule has 0 N–H and O–H groups in total. The first-order valence-electron chi connectivity index (χ1n) is 22.2. The predicted molar refractivity (Wildman–Crippen MR) is 276 cm³/mol. The lowest BCUT2D eigenvalue weighted by Gasteiger charge is -2.16. The fourth-order valence-corrected chi connectivity index (χ4v) is 9.16. The van der Waals surface area contributed by atoms with Crippen molar-refractivity contribution in [2.75, 3.05) is 0 Å². The van der Waals surface area contributed by atoms with Gasteiger partial charge in [-0.25, -0.2) is 9.97 Å². The minimum atomic E-state index is 0.616. The minimum absolute atomic E-state index is 0.616. The maximum Gasteiger partial charge on any atom is 0.235 e. The molecule has 0 spiro atoms. The number of fused-ring (bicyclic) bond motifs is 3. The normalized spacial score (nSPS) is 11.2. The third-order valence-electron chi connectivity index (χ3n) is 12.4. The first-order valence-corrected chi connectivity index (χ1v) is 22.2. The van der Waals surface area contributed by atoms with Gasteiger partial charge < -0.3 is 4.57 Å². The zero-order valence-corrected chi connectivity index (χ0v) is 36.3. The van der Waals surface area contributed by atoms with Crippen molar-refractivity contribution < 1.29 is 0 Å². The van der Waals surface area contributed by atoms with Gasteiger partial charge in [-0.05, 0) is 75.4 Å². The average molecular weight is 845 g/mol. The van der Waals surface area contributed by atoms with Gasteiger partial charge in [-0.1, -0.05) is 213 Å². The summed E-state index contributed by atoms with van der Waals surface area (Å²) in [5.41, 5.74) is 16.4. The van der Waals surface area contributed by atoms with Crippen molar-refractivity contribution >= 4 is 43.9 Å². The van der Waals surface area contributed by atoms with E-state index in [0.29, 0.717) is 5.95 Å². The SMILES string of the molecule is C=C(c1ccccccc(C(=C)c2ccccc2-c2cc3ccccc3n2-c2ccccc2)cc1)c1ccccc1-c1cn(-c2nc(-c3ccccc3)c3ccccc3n2)c2ccccc12. The third kappa shape index (κ3) is 7.36. The van der Waals surface area contributed by atoms with E-state index in [1.807, 2.05) is 18.2 Å². The van der Waals surface area contributed by atoms with Gasteiger partial charge in [0.15, 0.2) is 0 Å². The summed E-state index contributed by atoms with van der Waals surface area (Å²) >= 11 is 0. The number of aromatic nitrogens is 4. The maximum atomic E-state index is 5.25. The van der Waals surface area contributed by atoms with Gasteiger partial charge in [-0.15, -0.1) is 0 Å². The van der Waals surface area contributed by atoms with E-state index in [2.05, 4.69) is 234 Å². The van der Waals surface area contributed by atoms with Crippen LogP contribution in [0.4, 0.5) is 0 Å². The molecular formula is C62H44N4. The van der Waals surface area contributed by atoms with E-state index >= 15 is 0 Å². The first-order chi connectivity index (χ1) is 32.6. The van der Waals surface area contributed by atoms with Crippen molar-refractivity contribution in [2.24, 2.45) is 0 Å². The number of hydrogen-bond donors (Lipinski definition) is 0. The molecule has 8 aromatic carbocycles. The van der Waals surface area contributed by atoms with Crippen molar-refractivity contribution in [2.45, 2.75) is 0 Å². The quantitative estimate of drug-likeness (QED) is 0.145. The summed E-state index contributed by atoms with van der Waals surface area (Å²) in [4.78, 5) is 10.4. The fourth-order valence-electron chi connectivity index (χ4n) is 9.16. The van der Waals surface area contributed by atoms with Crippen LogP contribution in [0.5, 0.6) is 0 Å². The van der Waals surface area contributed by atoms with E-state index in [-0.39, 0.29) is 0 Å². The lowest BCUT2D eigenvalue weighted by Crippen LogP contribution is -2.02. The van der Waals surface area contributed by atoms with E-state index in [1.165, 1.54) is 5.39 Å². The summed E-state index contributed by atoms with van der Waals surface area (Å²) in [6, 6.07) is 82.5. The van der Waals surface area contributed by atoms with Gasteiger partial charge in [-0.2, -0.15) is 0 Å². The largest absolute Gasteiger partial charge is 0.309 e. The molecule has 0 saturated carbocycles. The lowest BCUT2D eigenvalue weighted by molar-refractivity contribution is 0.985. The van der Waals surface area contributed by atoms with Crippen LogP contribution < -0.4 is 0 Å². The highest BCUT2D eigenvalue weighted by Gasteiger charge is 2.20. The average Bonchev–Trinajstić information content (AvgIpc) is 3.97. The summed E-state index contributed by atoms with van der Waals surface area (Å²) < 4.78 is 4.47. The number of para-hydroxylation sites is 4. The Morgan fingerprint density at radius 2 is 0.939 bits per heavy atom. The molecule has 0 aliphatic heterocycles. The van der Waals surface area contributed by atoms with Crippen LogP contribution in [0, 0.1) is 0 Å². The first kappa shape index (κ1) is 40.0. The van der Waals surface area contributed by atoms with Gasteiger partial charge >= 0.3 is 0 Å². The summed E-state index contributed by atoms with van der Waals surface area (Å²) in [5, 5.41) is 3.30. The Kier molecular flexibility index (Phi) is 10.5. The highest BCUT2D eigenvalue weighted by Crippen LogP contribution is 2.40. The molecule has 0 bridgehead atoms. The highest BCUT2D eigenvalue weighted by atomic mass is 15.1. The Bertz CT molecular complexity index is 3690. The van der Waals surface area contributed by atoms with Gasteiger partial charge in [0.05, 0.1) is 27.9 Å². The van der Waals surface area contributed by atoms with E-state index in [0.717, 1.165) is 100 Å². The van der Waals surface area contributed by atoms with Gasteiger partial charge in [0.25, 0.3) is 0 Å². The van der Waals surface area contributed by atoms with Crippen molar-refractivity contribution in [3.63, 3.8) is 0 Å². The highest BCUT2D eigenvalue weighted by molar-refractivity contribution is 6.01. The van der Waals surface area contributed by atoms with Crippen molar-refractivity contribution in [1.82, 2.24) is 19.1 Å². The second-order valence-electron chi connectivity index (χ2n) is 16.3. The summed E-state index contributed by atoms with van der Waals surface area (Å²) in [5.74, 6) is 0.616. The molecule has 3 heterocycles. The Labute approximate surface area is 384 Å². The molecule has 0 aliphatic carbocycles. The van der Waals surface area contributed by atoms with Gasteiger partial charge in [0.1, 0.15) is 0 Å². The molecular weight excluding hydrogens is 801 g/mol. The molecule has 0 fully saturated rings. The Morgan fingerprint density at radius 1 is 0.409 bits per heavy atom. The molecule has 312 valence electrons. The number of rotatable bonds is 9. The van der Waals surface area contributed by atoms with Crippen LogP contribution in [-0.4, -0.2) is 19.1 Å². The van der Waals surface area contributed by atoms with Gasteiger partial charge in [0, 0.05) is 44.7 Å². The Hall–Kier alpha value is -8.86. The van der Waals surface area contributed by atoms with E-state index < -0.39 is 0 Å². The summed E-state index contributed by atoms with van der Waals surface area (Å²) in [6.45, 7) is 9.54.